The SMILES string of the molecule is C=C(/C=C\C=C/C)C1(c2ccccc2)c2ccc(N(c3ccc(C4=CC=CC=CC4)cc3)c3cccc4ccccc34)cc2-c2c1ccc1c2OC2=CC1C=CC=C2. The molecule has 0 saturated carbocycles. The van der Waals surface area contributed by atoms with Gasteiger partial charge in [0.15, 0.2) is 0 Å². The second-order valence-corrected chi connectivity index (χ2v) is 15.2. The highest BCUT2D eigenvalue weighted by Gasteiger charge is 2.48. The highest BCUT2D eigenvalue weighted by Crippen LogP contribution is 2.61. The number of hydrogen-bond donors (Lipinski definition) is 0. The molecule has 2 heteroatoms. The van der Waals surface area contributed by atoms with Gasteiger partial charge in [0.25, 0.3) is 0 Å². The zero-order valence-electron chi connectivity index (χ0n) is 32.6. The van der Waals surface area contributed by atoms with E-state index in [0.29, 0.717) is 0 Å². The van der Waals surface area contributed by atoms with Gasteiger partial charge in [-0.3, -0.25) is 0 Å². The van der Waals surface area contributed by atoms with Crippen molar-refractivity contribution >= 4 is 33.4 Å². The molecule has 2 unspecified atom stereocenters. The molecule has 278 valence electrons. The van der Waals surface area contributed by atoms with E-state index < -0.39 is 5.41 Å². The number of fused-ring (bicyclic) bond motifs is 8. The van der Waals surface area contributed by atoms with E-state index in [4.69, 9.17) is 11.3 Å². The Balaban J connectivity index is 1.24. The van der Waals surface area contributed by atoms with Crippen molar-refractivity contribution in [2.24, 2.45) is 0 Å². The summed E-state index contributed by atoms with van der Waals surface area (Å²) < 4.78 is 6.94. The van der Waals surface area contributed by atoms with Crippen molar-refractivity contribution < 1.29 is 4.74 Å². The fourth-order valence-electron chi connectivity index (χ4n) is 9.29. The zero-order valence-corrected chi connectivity index (χ0v) is 32.6. The standard InChI is InChI=1S/C56H43NO/c1-3-4-8-18-39(2)56(44-24-11-7-12-25-44)51-35-33-46(38-50(51)54-52(56)36-34-49-43-22-13-15-26-47(37-43)58-55(49)54)57(53-28-17-23-42-21-14-16-27-48(42)53)45-31-29-41(30-32-45)40-19-9-5-6-10-20-40/h3-19,21-38,43H,2,20H2,1H3/b4-3-,18-8-. The van der Waals surface area contributed by atoms with Crippen molar-refractivity contribution in [3.63, 3.8) is 0 Å². The predicted molar refractivity (Wildman–Crippen MR) is 244 cm³/mol. The summed E-state index contributed by atoms with van der Waals surface area (Å²) in [5.74, 6) is 1.89. The van der Waals surface area contributed by atoms with Crippen LogP contribution >= 0.6 is 0 Å². The van der Waals surface area contributed by atoms with Gasteiger partial charge in [0.2, 0.25) is 0 Å². The summed E-state index contributed by atoms with van der Waals surface area (Å²) in [6, 6.07) is 46.8. The maximum absolute atomic E-state index is 6.94. The lowest BCUT2D eigenvalue weighted by Gasteiger charge is -2.35. The average molecular weight is 746 g/mol. The van der Waals surface area contributed by atoms with Crippen molar-refractivity contribution in [2.75, 3.05) is 4.90 Å². The van der Waals surface area contributed by atoms with E-state index in [1.54, 1.807) is 0 Å². The lowest BCUT2D eigenvalue weighted by Crippen LogP contribution is -2.28. The van der Waals surface area contributed by atoms with Crippen LogP contribution in [0.3, 0.4) is 0 Å². The van der Waals surface area contributed by atoms with E-state index in [0.717, 1.165) is 57.3 Å². The van der Waals surface area contributed by atoms with Gasteiger partial charge >= 0.3 is 0 Å². The second-order valence-electron chi connectivity index (χ2n) is 15.2. The Morgan fingerprint density at radius 3 is 2.45 bits per heavy atom. The first kappa shape index (κ1) is 35.3. The third-order valence-corrected chi connectivity index (χ3v) is 11.9. The predicted octanol–water partition coefficient (Wildman–Crippen LogP) is 14.7. The largest absolute Gasteiger partial charge is 0.457 e. The van der Waals surface area contributed by atoms with Crippen LogP contribution in [0, 0.1) is 0 Å². The molecule has 3 aliphatic carbocycles. The molecule has 0 spiro atoms. The molecular weight excluding hydrogens is 703 g/mol. The molecule has 0 amide bonds. The first-order valence-corrected chi connectivity index (χ1v) is 20.2. The van der Waals surface area contributed by atoms with Gasteiger partial charge < -0.3 is 9.64 Å². The number of allylic oxidation sites excluding steroid dienone is 16. The van der Waals surface area contributed by atoms with Crippen LogP contribution in [0.15, 0.2) is 230 Å². The molecule has 2 atom stereocenters. The smallest absolute Gasteiger partial charge is 0.139 e. The van der Waals surface area contributed by atoms with Gasteiger partial charge in [0, 0.05) is 33.8 Å². The van der Waals surface area contributed by atoms with E-state index in [9.17, 15) is 0 Å². The summed E-state index contributed by atoms with van der Waals surface area (Å²) in [4.78, 5) is 2.42. The summed E-state index contributed by atoms with van der Waals surface area (Å²) in [6.45, 7) is 6.90. The summed E-state index contributed by atoms with van der Waals surface area (Å²) >= 11 is 0. The van der Waals surface area contributed by atoms with E-state index in [-0.39, 0.29) is 5.92 Å². The van der Waals surface area contributed by atoms with Crippen molar-refractivity contribution in [3.05, 3.63) is 258 Å². The maximum Gasteiger partial charge on any atom is 0.139 e. The number of nitrogens with zero attached hydrogens (tertiary/aromatic N) is 1. The van der Waals surface area contributed by atoms with Crippen molar-refractivity contribution in [2.45, 2.75) is 24.7 Å². The molecule has 2 nitrogen and oxygen atoms in total. The minimum Gasteiger partial charge on any atom is -0.457 e. The molecule has 6 aromatic rings. The van der Waals surface area contributed by atoms with Crippen molar-refractivity contribution in [1.29, 1.82) is 0 Å². The van der Waals surface area contributed by atoms with E-state index in [2.05, 4.69) is 217 Å². The summed E-state index contributed by atoms with van der Waals surface area (Å²) in [5, 5.41) is 2.38. The van der Waals surface area contributed by atoms with Crippen LogP contribution in [-0.2, 0) is 5.41 Å². The molecule has 2 bridgehead atoms. The summed E-state index contributed by atoms with van der Waals surface area (Å²) in [6.07, 6.45) is 30.8. The third kappa shape index (κ3) is 5.80. The van der Waals surface area contributed by atoms with Gasteiger partial charge in [0.1, 0.15) is 11.5 Å². The van der Waals surface area contributed by atoms with Crippen molar-refractivity contribution in [3.8, 4) is 16.9 Å². The number of anilines is 3. The number of rotatable bonds is 8. The normalized spacial score (nSPS) is 18.6. The topological polar surface area (TPSA) is 12.5 Å². The van der Waals surface area contributed by atoms with Crippen LogP contribution in [0.25, 0.3) is 27.5 Å². The van der Waals surface area contributed by atoms with Gasteiger partial charge in [-0.05, 0) is 100 Å². The number of hydrogen-bond acceptors (Lipinski definition) is 2. The molecule has 0 fully saturated rings. The van der Waals surface area contributed by atoms with Gasteiger partial charge in [-0.25, -0.2) is 0 Å². The maximum atomic E-state index is 6.94. The second kappa shape index (κ2) is 14.7. The molecule has 10 rings (SSSR count). The van der Waals surface area contributed by atoms with Gasteiger partial charge in [-0.1, -0.05) is 177 Å². The van der Waals surface area contributed by atoms with E-state index in [1.165, 1.54) is 38.6 Å². The quantitative estimate of drug-likeness (QED) is 0.144. The molecule has 4 aliphatic rings. The highest BCUT2D eigenvalue weighted by molar-refractivity contribution is 6.00. The lowest BCUT2D eigenvalue weighted by atomic mass is 9.67. The van der Waals surface area contributed by atoms with E-state index >= 15 is 0 Å². The Bertz CT molecular complexity index is 2850. The van der Waals surface area contributed by atoms with Crippen LogP contribution in [0.5, 0.6) is 5.75 Å². The highest BCUT2D eigenvalue weighted by atomic mass is 16.5. The Labute approximate surface area is 341 Å². The molecule has 0 saturated heterocycles. The Hall–Kier alpha value is -7.16. The Morgan fingerprint density at radius 1 is 0.759 bits per heavy atom. The average Bonchev–Trinajstić information content (AvgIpc) is 3.46. The first-order chi connectivity index (χ1) is 28.6. The van der Waals surface area contributed by atoms with Gasteiger partial charge in [0.05, 0.1) is 11.1 Å². The molecule has 0 radical (unpaired) electrons. The Morgan fingerprint density at radius 2 is 1.57 bits per heavy atom. The Kier molecular flexibility index (Phi) is 8.96. The molecule has 0 N–H and O–H groups in total. The van der Waals surface area contributed by atoms with Crippen LogP contribution in [0.1, 0.15) is 47.1 Å². The monoisotopic (exact) mass is 745 g/mol. The fourth-order valence-corrected chi connectivity index (χ4v) is 9.29. The van der Waals surface area contributed by atoms with Crippen LogP contribution in [0.4, 0.5) is 17.1 Å². The van der Waals surface area contributed by atoms with Crippen LogP contribution in [0.2, 0.25) is 0 Å². The molecule has 1 heterocycles. The lowest BCUT2D eigenvalue weighted by molar-refractivity contribution is 0.426. The molecular formula is C56H43NO. The molecule has 0 aromatic heterocycles. The van der Waals surface area contributed by atoms with Gasteiger partial charge in [-0.15, -0.1) is 0 Å². The number of benzene rings is 6. The molecule has 6 aromatic carbocycles. The molecule has 1 aliphatic heterocycles. The third-order valence-electron chi connectivity index (χ3n) is 11.9. The van der Waals surface area contributed by atoms with Crippen LogP contribution < -0.4 is 9.64 Å². The minimum absolute atomic E-state index is 0.107. The first-order valence-electron chi connectivity index (χ1n) is 20.2. The van der Waals surface area contributed by atoms with Crippen LogP contribution in [-0.4, -0.2) is 0 Å². The van der Waals surface area contributed by atoms with Crippen molar-refractivity contribution in [1.82, 2.24) is 0 Å². The molecule has 58 heavy (non-hydrogen) atoms. The zero-order chi connectivity index (χ0) is 39.1. The minimum atomic E-state index is -0.662. The van der Waals surface area contributed by atoms with Gasteiger partial charge in [-0.2, -0.15) is 0 Å². The summed E-state index contributed by atoms with van der Waals surface area (Å²) in [7, 11) is 0. The van der Waals surface area contributed by atoms with E-state index in [1.807, 2.05) is 6.92 Å². The summed E-state index contributed by atoms with van der Waals surface area (Å²) in [5.41, 5.74) is 13.1. The fraction of sp³-hybridized carbons (Fsp3) is 0.0714. The number of ether oxygens (including phenoxy) is 1.